The Morgan fingerprint density at radius 2 is 1.76 bits per heavy atom. The number of carbonyl (C=O) groups excluding carboxylic acids is 1. The molecule has 2 aromatic carbocycles. The van der Waals surface area contributed by atoms with Crippen molar-refractivity contribution in [2.45, 2.75) is 63.9 Å². The molecule has 1 aliphatic carbocycles. The second kappa shape index (κ2) is 10.3. The molecule has 3 aromatic rings. The molecule has 1 saturated carbocycles. The molecule has 216 valence electrons. The highest BCUT2D eigenvalue weighted by Gasteiger charge is 2.55. The second-order valence-corrected chi connectivity index (χ2v) is 12.1. The summed E-state index contributed by atoms with van der Waals surface area (Å²) in [4.78, 5) is 34.0. The highest BCUT2D eigenvalue weighted by molar-refractivity contribution is 6.62. The van der Waals surface area contributed by atoms with Gasteiger partial charge in [0.25, 0.3) is 5.56 Å². The monoisotopic (exact) mass is 560 g/mol. The summed E-state index contributed by atoms with van der Waals surface area (Å²) in [6, 6.07) is 11.0. The molecule has 1 aromatic heterocycles. The first-order valence-corrected chi connectivity index (χ1v) is 14.2. The van der Waals surface area contributed by atoms with Gasteiger partial charge in [-0.3, -0.25) is 19.1 Å². The fourth-order valence-electron chi connectivity index (χ4n) is 5.60. The maximum atomic E-state index is 13.6. The second-order valence-electron chi connectivity index (χ2n) is 12.1. The molecule has 2 saturated heterocycles. The predicted octanol–water partition coefficient (Wildman–Crippen LogP) is 2.63. The lowest BCUT2D eigenvalue weighted by Crippen LogP contribution is -2.51. The van der Waals surface area contributed by atoms with Crippen LogP contribution in [0.25, 0.3) is 16.6 Å². The van der Waals surface area contributed by atoms with Crippen LogP contribution in [0.5, 0.6) is 0 Å². The molecule has 3 fully saturated rings. The van der Waals surface area contributed by atoms with Crippen molar-refractivity contribution in [1.82, 2.24) is 14.5 Å². The summed E-state index contributed by atoms with van der Waals surface area (Å²) in [6.45, 7) is 11.1. The maximum Gasteiger partial charge on any atom is 0.494 e. The molecule has 0 unspecified atom stereocenters. The Hall–Kier alpha value is -3.09. The third-order valence-electron chi connectivity index (χ3n) is 8.99. The van der Waals surface area contributed by atoms with Crippen molar-refractivity contribution >= 4 is 35.1 Å². The van der Waals surface area contributed by atoms with Gasteiger partial charge in [-0.2, -0.15) is 0 Å². The average Bonchev–Trinajstić information content (AvgIpc) is 3.73. The number of ether oxygens (including phenoxy) is 2. The van der Waals surface area contributed by atoms with Gasteiger partial charge in [0, 0.05) is 31.5 Å². The number of aromatic nitrogens is 2. The molecular weight excluding hydrogens is 523 g/mol. The largest absolute Gasteiger partial charge is 0.494 e. The number of morpholine rings is 1. The Bertz CT molecular complexity index is 1530. The van der Waals surface area contributed by atoms with Crippen molar-refractivity contribution in [3.05, 3.63) is 58.6 Å². The summed E-state index contributed by atoms with van der Waals surface area (Å²) < 4.78 is 24.7. The van der Waals surface area contributed by atoms with Crippen molar-refractivity contribution in [2.24, 2.45) is 0 Å². The fraction of sp³-hybridized carbons (Fsp3) is 0.500. The van der Waals surface area contributed by atoms with Crippen molar-refractivity contribution in [3.63, 3.8) is 0 Å². The number of methoxy groups -OCH3 is 1. The van der Waals surface area contributed by atoms with Crippen LogP contribution in [-0.4, -0.2) is 77.6 Å². The topological polar surface area (TPSA) is 104 Å². The molecule has 0 atom stereocenters. The minimum Gasteiger partial charge on any atom is -0.399 e. The number of benzene rings is 2. The Balaban J connectivity index is 1.29. The lowest BCUT2D eigenvalue weighted by Gasteiger charge is -2.34. The lowest BCUT2D eigenvalue weighted by molar-refractivity contribution is -0.124. The molecule has 6 rings (SSSR count). The lowest BCUT2D eigenvalue weighted by atomic mass is 9.79. The Morgan fingerprint density at radius 3 is 2.41 bits per heavy atom. The molecule has 3 aliphatic rings. The van der Waals surface area contributed by atoms with Gasteiger partial charge in [0.1, 0.15) is 11.9 Å². The summed E-state index contributed by atoms with van der Waals surface area (Å²) in [5.74, 6) is -0.0341. The van der Waals surface area contributed by atoms with E-state index in [0.29, 0.717) is 42.1 Å². The van der Waals surface area contributed by atoms with E-state index in [9.17, 15) is 9.59 Å². The van der Waals surface area contributed by atoms with Gasteiger partial charge in [0.15, 0.2) is 0 Å². The Labute approximate surface area is 240 Å². The molecule has 3 heterocycles. The van der Waals surface area contributed by atoms with Crippen LogP contribution in [0.1, 0.15) is 46.1 Å². The van der Waals surface area contributed by atoms with E-state index in [1.165, 1.54) is 10.9 Å². The van der Waals surface area contributed by atoms with Gasteiger partial charge in [0.05, 0.1) is 47.6 Å². The minimum atomic E-state index is -0.541. The zero-order chi connectivity index (χ0) is 29.0. The number of nitrogens with one attached hydrogen (secondary N) is 1. The average molecular weight is 560 g/mol. The third-order valence-corrected chi connectivity index (χ3v) is 8.99. The first-order valence-electron chi connectivity index (χ1n) is 14.2. The molecule has 10 nitrogen and oxygen atoms in total. The molecule has 0 spiro atoms. The van der Waals surface area contributed by atoms with Gasteiger partial charge >= 0.3 is 7.12 Å². The molecule has 0 radical (unpaired) electrons. The number of amides is 1. The van der Waals surface area contributed by atoms with Gasteiger partial charge in [-0.1, -0.05) is 12.1 Å². The maximum absolute atomic E-state index is 13.6. The van der Waals surface area contributed by atoms with Crippen molar-refractivity contribution in [3.8, 4) is 5.69 Å². The van der Waals surface area contributed by atoms with E-state index >= 15 is 0 Å². The fourth-order valence-corrected chi connectivity index (χ4v) is 5.60. The number of rotatable bonds is 7. The van der Waals surface area contributed by atoms with Crippen molar-refractivity contribution in [1.29, 1.82) is 0 Å². The number of hydrogen-bond acceptors (Lipinski definition) is 8. The first kappa shape index (κ1) is 28.1. The van der Waals surface area contributed by atoms with Crippen molar-refractivity contribution < 1.29 is 23.6 Å². The van der Waals surface area contributed by atoms with Crippen LogP contribution in [-0.2, 0) is 30.2 Å². The summed E-state index contributed by atoms with van der Waals surface area (Å²) in [5.41, 5.74) is 1.78. The van der Waals surface area contributed by atoms with E-state index < -0.39 is 23.9 Å². The van der Waals surface area contributed by atoms with E-state index in [1.54, 1.807) is 13.2 Å². The summed E-state index contributed by atoms with van der Waals surface area (Å²) in [7, 11) is 1.07. The third kappa shape index (κ3) is 5.00. The summed E-state index contributed by atoms with van der Waals surface area (Å²) >= 11 is 0. The van der Waals surface area contributed by atoms with Crippen LogP contribution < -0.4 is 16.3 Å². The highest BCUT2D eigenvalue weighted by Crippen LogP contribution is 2.43. The SMILES string of the molecule is COCc1ccc(-n2cnc3cc(B4OC(C)(C)C(C)(C)O4)ccc3c2=O)cc1NC(=O)C1(N2CCOCC2)CC1. The predicted molar refractivity (Wildman–Crippen MR) is 157 cm³/mol. The Kier molecular flexibility index (Phi) is 7.06. The van der Waals surface area contributed by atoms with E-state index in [2.05, 4.69) is 15.2 Å². The standard InChI is InChI=1S/C30H37BN4O6/c1-28(2)29(3,4)41-31(40-28)21-7-9-23-25(16-21)32-19-35(26(23)36)22-8-6-20(18-38-5)24(17-22)33-27(37)30(10-11-30)34-12-14-39-15-13-34/h6-9,16-17,19H,10-15,18H2,1-5H3,(H,33,37). The van der Waals surface area contributed by atoms with Crippen LogP contribution >= 0.6 is 0 Å². The number of hydrogen-bond donors (Lipinski definition) is 1. The summed E-state index contributed by atoms with van der Waals surface area (Å²) in [6.07, 6.45) is 3.16. The van der Waals surface area contributed by atoms with E-state index in [0.717, 1.165) is 37.0 Å². The van der Waals surface area contributed by atoms with Crippen molar-refractivity contribution in [2.75, 3.05) is 38.7 Å². The van der Waals surface area contributed by atoms with E-state index in [-0.39, 0.29) is 11.5 Å². The highest BCUT2D eigenvalue weighted by atomic mass is 16.7. The number of fused-ring (bicyclic) bond motifs is 1. The van der Waals surface area contributed by atoms with E-state index in [4.69, 9.17) is 18.8 Å². The molecule has 1 amide bonds. The molecule has 41 heavy (non-hydrogen) atoms. The van der Waals surface area contributed by atoms with Crippen LogP contribution in [0.2, 0.25) is 0 Å². The zero-order valence-electron chi connectivity index (χ0n) is 24.4. The Morgan fingerprint density at radius 1 is 1.05 bits per heavy atom. The van der Waals surface area contributed by atoms with Crippen LogP contribution in [0.3, 0.4) is 0 Å². The number of nitrogens with zero attached hydrogens (tertiary/aromatic N) is 3. The first-order chi connectivity index (χ1) is 19.5. The molecular formula is C30H37BN4O6. The van der Waals surface area contributed by atoms with Crippen LogP contribution in [0.15, 0.2) is 47.5 Å². The van der Waals surface area contributed by atoms with Crippen LogP contribution in [0.4, 0.5) is 5.69 Å². The van der Waals surface area contributed by atoms with Crippen LogP contribution in [0, 0.1) is 0 Å². The summed E-state index contributed by atoms with van der Waals surface area (Å²) in [5, 5.41) is 3.62. The quantitative estimate of drug-likeness (QED) is 0.440. The zero-order valence-corrected chi connectivity index (χ0v) is 24.4. The van der Waals surface area contributed by atoms with Gasteiger partial charge in [-0.05, 0) is 70.3 Å². The van der Waals surface area contributed by atoms with Gasteiger partial charge in [0.2, 0.25) is 5.91 Å². The minimum absolute atomic E-state index is 0.0341. The number of carbonyl (C=O) groups is 1. The van der Waals surface area contributed by atoms with Gasteiger partial charge in [-0.25, -0.2) is 4.98 Å². The smallest absolute Gasteiger partial charge is 0.399 e. The van der Waals surface area contributed by atoms with Gasteiger partial charge < -0.3 is 24.1 Å². The molecule has 0 bridgehead atoms. The normalized spacial score (nSPS) is 21.2. The molecule has 2 aliphatic heterocycles. The number of anilines is 1. The van der Waals surface area contributed by atoms with E-state index in [1.807, 2.05) is 58.0 Å². The van der Waals surface area contributed by atoms with Gasteiger partial charge in [-0.15, -0.1) is 0 Å². The molecule has 1 N–H and O–H groups in total. The molecule has 11 heteroatoms.